The van der Waals surface area contributed by atoms with Crippen molar-refractivity contribution in [3.63, 3.8) is 0 Å². The number of nitrogens with one attached hydrogen (secondary N) is 1. The van der Waals surface area contributed by atoms with Crippen LogP contribution in [0, 0.1) is 5.92 Å². The third-order valence-corrected chi connectivity index (χ3v) is 9.61. The van der Waals surface area contributed by atoms with Crippen LogP contribution in [0.3, 0.4) is 0 Å². The first-order valence-electron chi connectivity index (χ1n) is 12.4. The van der Waals surface area contributed by atoms with E-state index in [1.54, 1.807) is 55.5 Å². The third-order valence-electron chi connectivity index (χ3n) is 6.65. The van der Waals surface area contributed by atoms with Crippen molar-refractivity contribution in [1.29, 1.82) is 0 Å². The largest absolute Gasteiger partial charge is 0.490 e. The third kappa shape index (κ3) is 6.04. The first kappa shape index (κ1) is 26.9. The van der Waals surface area contributed by atoms with Crippen molar-refractivity contribution < 1.29 is 17.9 Å². The highest BCUT2D eigenvalue weighted by molar-refractivity contribution is 7.90. The summed E-state index contributed by atoms with van der Waals surface area (Å²) in [5.41, 5.74) is 0.693. The monoisotopic (exact) mass is 538 g/mol. The molecule has 2 saturated heterocycles. The van der Waals surface area contributed by atoms with Gasteiger partial charge < -0.3 is 14.8 Å². The van der Waals surface area contributed by atoms with Crippen LogP contribution >= 0.6 is 11.6 Å². The van der Waals surface area contributed by atoms with E-state index in [0.717, 1.165) is 19.4 Å². The Kier molecular flexibility index (Phi) is 8.28. The molecule has 0 radical (unpaired) electrons. The van der Waals surface area contributed by atoms with Crippen molar-refractivity contribution in [2.45, 2.75) is 57.3 Å². The lowest BCUT2D eigenvalue weighted by Crippen LogP contribution is -2.48. The van der Waals surface area contributed by atoms with E-state index in [-0.39, 0.29) is 11.1 Å². The Hall–Kier alpha value is -2.14. The van der Waals surface area contributed by atoms with E-state index >= 15 is 0 Å². The van der Waals surface area contributed by atoms with Gasteiger partial charge >= 0.3 is 0 Å². The fourth-order valence-corrected chi connectivity index (χ4v) is 6.06. The normalized spacial score (nSPS) is 20.3. The average Bonchev–Trinajstić information content (AvgIpc) is 2.86. The minimum absolute atomic E-state index is 0.0718. The molecule has 2 aromatic rings. The number of sulfonamides is 1. The Bertz CT molecular complexity index is 1200. The van der Waals surface area contributed by atoms with Gasteiger partial charge in [-0.1, -0.05) is 11.6 Å². The molecular formula is C25H35ClN4O5S. The molecule has 9 nitrogen and oxygen atoms in total. The van der Waals surface area contributed by atoms with Crippen LogP contribution in [0.2, 0.25) is 5.02 Å². The Labute approximate surface area is 217 Å². The fourth-order valence-electron chi connectivity index (χ4n) is 4.40. The topological polar surface area (TPSA) is 103 Å². The van der Waals surface area contributed by atoms with E-state index in [1.165, 1.54) is 4.68 Å². The van der Waals surface area contributed by atoms with Crippen molar-refractivity contribution in [1.82, 2.24) is 14.1 Å². The highest BCUT2D eigenvalue weighted by atomic mass is 35.5. The van der Waals surface area contributed by atoms with E-state index in [0.29, 0.717) is 62.1 Å². The van der Waals surface area contributed by atoms with Crippen molar-refractivity contribution in [3.05, 3.63) is 45.8 Å². The number of anilines is 1. The average molecular weight is 539 g/mol. The number of benzene rings is 1. The molecule has 36 heavy (non-hydrogen) atoms. The van der Waals surface area contributed by atoms with Crippen LogP contribution in [0.5, 0.6) is 5.75 Å². The molecule has 198 valence electrons. The molecule has 1 N–H and O–H groups in total. The Balaban J connectivity index is 1.35. The number of rotatable bonds is 7. The summed E-state index contributed by atoms with van der Waals surface area (Å²) in [6.07, 6.45) is 4.86. The molecule has 11 heteroatoms. The lowest BCUT2D eigenvalue weighted by Gasteiger charge is -2.35. The van der Waals surface area contributed by atoms with Crippen LogP contribution in [0.1, 0.15) is 46.5 Å². The number of piperidine rings is 1. The van der Waals surface area contributed by atoms with Crippen molar-refractivity contribution in [2.75, 3.05) is 38.2 Å². The maximum absolute atomic E-state index is 12.8. The molecule has 1 aromatic carbocycles. The maximum Gasteiger partial charge on any atom is 0.292 e. The van der Waals surface area contributed by atoms with Crippen molar-refractivity contribution in [2.24, 2.45) is 5.92 Å². The van der Waals surface area contributed by atoms with Gasteiger partial charge in [-0.2, -0.15) is 9.78 Å². The summed E-state index contributed by atoms with van der Waals surface area (Å²) in [7, 11) is -3.33. The van der Waals surface area contributed by atoms with Gasteiger partial charge in [-0.05, 0) is 76.6 Å². The molecule has 0 bridgehead atoms. The van der Waals surface area contributed by atoms with Crippen LogP contribution < -0.4 is 15.6 Å². The SMILES string of the molecule is CC(C)(C)S(=O)(=O)N1CCC(Oc2ccc(-n3ncc(NC[C@H]4CCCOC4)c(Cl)c3=O)cc2)CC1. The molecule has 3 heterocycles. The zero-order chi connectivity index (χ0) is 25.9. The summed E-state index contributed by atoms with van der Waals surface area (Å²) < 4.78 is 38.9. The van der Waals surface area contributed by atoms with Crippen LogP contribution in [0.4, 0.5) is 5.69 Å². The molecule has 0 amide bonds. The molecule has 1 aromatic heterocycles. The summed E-state index contributed by atoms with van der Waals surface area (Å²) in [5.74, 6) is 1.04. The van der Waals surface area contributed by atoms with Gasteiger partial charge in [0.25, 0.3) is 5.56 Å². The second kappa shape index (κ2) is 11.1. The maximum atomic E-state index is 12.8. The number of nitrogens with zero attached hydrogens (tertiary/aromatic N) is 3. The smallest absolute Gasteiger partial charge is 0.292 e. The highest BCUT2D eigenvalue weighted by Gasteiger charge is 2.37. The summed E-state index contributed by atoms with van der Waals surface area (Å²) in [5, 5.41) is 7.62. The lowest BCUT2D eigenvalue weighted by molar-refractivity contribution is 0.0595. The number of halogens is 1. The van der Waals surface area contributed by atoms with Crippen LogP contribution in [0.15, 0.2) is 35.3 Å². The minimum Gasteiger partial charge on any atom is -0.490 e. The van der Waals surface area contributed by atoms with Gasteiger partial charge in [0.05, 0.1) is 28.9 Å². The van der Waals surface area contributed by atoms with Gasteiger partial charge in [-0.25, -0.2) is 12.7 Å². The molecule has 2 fully saturated rings. The van der Waals surface area contributed by atoms with Gasteiger partial charge in [0.1, 0.15) is 16.9 Å². The zero-order valence-electron chi connectivity index (χ0n) is 21.1. The van der Waals surface area contributed by atoms with Gasteiger partial charge in [0.15, 0.2) is 0 Å². The predicted octanol–water partition coefficient (Wildman–Crippen LogP) is 3.70. The summed E-state index contributed by atoms with van der Waals surface area (Å²) in [4.78, 5) is 12.8. The van der Waals surface area contributed by atoms with Crippen LogP contribution in [0.25, 0.3) is 5.69 Å². The van der Waals surface area contributed by atoms with Gasteiger partial charge in [-0.3, -0.25) is 4.79 Å². The Morgan fingerprint density at radius 1 is 1.17 bits per heavy atom. The van der Waals surface area contributed by atoms with E-state index in [9.17, 15) is 13.2 Å². The molecule has 1 atom stereocenters. The van der Waals surface area contributed by atoms with Gasteiger partial charge in [0.2, 0.25) is 10.0 Å². The first-order chi connectivity index (χ1) is 17.1. The fraction of sp³-hybridized carbons (Fsp3) is 0.600. The summed E-state index contributed by atoms with van der Waals surface area (Å²) >= 11 is 6.36. The Morgan fingerprint density at radius 2 is 1.86 bits per heavy atom. The first-order valence-corrected chi connectivity index (χ1v) is 14.2. The van der Waals surface area contributed by atoms with E-state index < -0.39 is 20.3 Å². The second-order valence-corrected chi connectivity index (χ2v) is 13.5. The summed E-state index contributed by atoms with van der Waals surface area (Å²) in [6.45, 7) is 8.23. The quantitative estimate of drug-likeness (QED) is 0.573. The highest BCUT2D eigenvalue weighted by Crippen LogP contribution is 2.26. The molecular weight excluding hydrogens is 504 g/mol. The lowest BCUT2D eigenvalue weighted by atomic mass is 10.0. The molecule has 0 spiro atoms. The van der Waals surface area contributed by atoms with Gasteiger partial charge in [-0.15, -0.1) is 0 Å². The summed E-state index contributed by atoms with van der Waals surface area (Å²) in [6, 6.07) is 7.08. The molecule has 0 unspecified atom stereocenters. The molecule has 0 saturated carbocycles. The Morgan fingerprint density at radius 3 is 2.47 bits per heavy atom. The molecule has 2 aliphatic heterocycles. The number of ether oxygens (including phenoxy) is 2. The molecule has 4 rings (SSSR count). The second-order valence-electron chi connectivity index (χ2n) is 10.4. The van der Waals surface area contributed by atoms with Crippen LogP contribution in [-0.2, 0) is 14.8 Å². The van der Waals surface area contributed by atoms with Gasteiger partial charge in [0, 0.05) is 26.2 Å². The van der Waals surface area contributed by atoms with E-state index in [4.69, 9.17) is 21.1 Å². The predicted molar refractivity (Wildman–Crippen MR) is 141 cm³/mol. The number of hydrogen-bond acceptors (Lipinski definition) is 7. The molecule has 0 aliphatic carbocycles. The standard InChI is InChI=1S/C25H35ClN4O5S/c1-25(2,3)36(32,33)29-12-10-21(11-13-29)35-20-8-6-19(7-9-20)30-24(31)23(26)22(16-28-30)27-15-18-5-4-14-34-17-18/h6-9,16,18,21,27H,4-5,10-15,17H2,1-3H3/t18-/m1/s1. The van der Waals surface area contributed by atoms with Crippen molar-refractivity contribution >= 4 is 27.3 Å². The van der Waals surface area contributed by atoms with Crippen molar-refractivity contribution in [3.8, 4) is 11.4 Å². The molecule has 2 aliphatic rings. The van der Waals surface area contributed by atoms with E-state index in [2.05, 4.69) is 10.4 Å². The number of aromatic nitrogens is 2. The zero-order valence-corrected chi connectivity index (χ0v) is 22.6. The van der Waals surface area contributed by atoms with Crippen LogP contribution in [-0.4, -0.2) is 66.2 Å². The minimum atomic E-state index is -3.33. The number of hydrogen-bond donors (Lipinski definition) is 1. The van der Waals surface area contributed by atoms with E-state index in [1.807, 2.05) is 0 Å².